The second-order valence-electron chi connectivity index (χ2n) is 4.88. The number of carbonyl (C=O) groups excluding carboxylic acids is 1. The van der Waals surface area contributed by atoms with Crippen LogP contribution in [0.15, 0.2) is 18.2 Å². The van der Waals surface area contributed by atoms with Gasteiger partial charge in [-0.25, -0.2) is 4.79 Å². The summed E-state index contributed by atoms with van der Waals surface area (Å²) in [4.78, 5) is 22.9. The molecule has 0 spiro atoms. The molecule has 19 heavy (non-hydrogen) atoms. The van der Waals surface area contributed by atoms with Gasteiger partial charge in [0.15, 0.2) is 0 Å². The Labute approximate surface area is 111 Å². The average Bonchev–Trinajstić information content (AvgIpc) is 2.77. The highest BCUT2D eigenvalue weighted by Gasteiger charge is 2.31. The quantitative estimate of drug-likeness (QED) is 0.875. The van der Waals surface area contributed by atoms with Gasteiger partial charge in [-0.1, -0.05) is 6.92 Å². The maximum atomic E-state index is 12.0. The maximum Gasteiger partial charge on any atom is 0.335 e. The zero-order chi connectivity index (χ0) is 14.0. The normalized spacial score (nSPS) is 22.2. The van der Waals surface area contributed by atoms with Crippen LogP contribution in [0.3, 0.4) is 0 Å². The number of anilines is 1. The highest BCUT2D eigenvalue weighted by molar-refractivity contribution is 5.96. The Morgan fingerprint density at radius 1 is 1.42 bits per heavy atom. The van der Waals surface area contributed by atoms with Crippen LogP contribution in [0.5, 0.6) is 0 Å². The molecule has 0 aliphatic carbocycles. The van der Waals surface area contributed by atoms with E-state index in [1.54, 1.807) is 13.0 Å². The van der Waals surface area contributed by atoms with Crippen molar-refractivity contribution in [3.8, 4) is 0 Å². The molecule has 1 aromatic rings. The second-order valence-corrected chi connectivity index (χ2v) is 4.88. The average molecular weight is 263 g/mol. The van der Waals surface area contributed by atoms with Gasteiger partial charge in [0.1, 0.15) is 6.10 Å². The van der Waals surface area contributed by atoms with E-state index in [2.05, 4.69) is 5.32 Å². The highest BCUT2D eigenvalue weighted by atomic mass is 16.5. The van der Waals surface area contributed by atoms with E-state index in [0.29, 0.717) is 12.3 Å². The van der Waals surface area contributed by atoms with Crippen molar-refractivity contribution in [3.63, 3.8) is 0 Å². The molecule has 2 unspecified atom stereocenters. The number of ether oxygens (including phenoxy) is 1. The minimum Gasteiger partial charge on any atom is -0.478 e. The molecular weight excluding hydrogens is 246 g/mol. The predicted molar refractivity (Wildman–Crippen MR) is 70.3 cm³/mol. The number of aromatic carboxylic acids is 1. The SMILES string of the molecule is Cc1cc(C(=O)O)ccc1NC(=O)C1OCCC1C. The molecule has 0 saturated carbocycles. The number of aryl methyl sites for hydroxylation is 1. The monoisotopic (exact) mass is 263 g/mol. The topological polar surface area (TPSA) is 75.6 Å². The lowest BCUT2D eigenvalue weighted by Gasteiger charge is -2.15. The van der Waals surface area contributed by atoms with E-state index < -0.39 is 12.1 Å². The summed E-state index contributed by atoms with van der Waals surface area (Å²) in [7, 11) is 0. The van der Waals surface area contributed by atoms with E-state index in [-0.39, 0.29) is 17.4 Å². The van der Waals surface area contributed by atoms with Crippen molar-refractivity contribution in [3.05, 3.63) is 29.3 Å². The van der Waals surface area contributed by atoms with Gasteiger partial charge in [-0.3, -0.25) is 4.79 Å². The van der Waals surface area contributed by atoms with Gasteiger partial charge in [-0.15, -0.1) is 0 Å². The largest absolute Gasteiger partial charge is 0.478 e. The lowest BCUT2D eigenvalue weighted by molar-refractivity contribution is -0.126. The minimum absolute atomic E-state index is 0.170. The molecule has 0 bridgehead atoms. The molecule has 1 aliphatic heterocycles. The Balaban J connectivity index is 2.11. The third kappa shape index (κ3) is 2.93. The molecule has 1 saturated heterocycles. The van der Waals surface area contributed by atoms with Gasteiger partial charge in [0.25, 0.3) is 5.91 Å². The molecule has 0 aromatic heterocycles. The molecule has 2 atom stereocenters. The first-order chi connectivity index (χ1) is 8.99. The van der Waals surface area contributed by atoms with Crippen LogP contribution in [0.2, 0.25) is 0 Å². The van der Waals surface area contributed by atoms with Gasteiger partial charge in [0.2, 0.25) is 0 Å². The highest BCUT2D eigenvalue weighted by Crippen LogP contribution is 2.23. The Bertz CT molecular complexity index is 512. The van der Waals surface area contributed by atoms with E-state index in [1.807, 2.05) is 6.92 Å². The number of carboxylic acids is 1. The van der Waals surface area contributed by atoms with E-state index in [9.17, 15) is 9.59 Å². The molecule has 1 heterocycles. The van der Waals surface area contributed by atoms with Crippen LogP contribution < -0.4 is 5.32 Å². The molecule has 2 rings (SSSR count). The summed E-state index contributed by atoms with van der Waals surface area (Å²) in [6, 6.07) is 4.62. The zero-order valence-corrected chi connectivity index (χ0v) is 11.0. The standard InChI is InChI=1S/C14H17NO4/c1-8-5-6-19-12(8)13(16)15-11-4-3-10(14(17)18)7-9(11)2/h3-4,7-8,12H,5-6H2,1-2H3,(H,15,16)(H,17,18). The summed E-state index contributed by atoms with van der Waals surface area (Å²) in [6.07, 6.45) is 0.466. The fourth-order valence-electron chi connectivity index (χ4n) is 2.17. The molecule has 102 valence electrons. The smallest absolute Gasteiger partial charge is 0.335 e. The Hall–Kier alpha value is -1.88. The summed E-state index contributed by atoms with van der Waals surface area (Å²) in [5.41, 5.74) is 1.55. The fourth-order valence-corrected chi connectivity index (χ4v) is 2.17. The number of carbonyl (C=O) groups is 2. The Kier molecular flexibility index (Phi) is 3.85. The van der Waals surface area contributed by atoms with Crippen molar-refractivity contribution in [1.82, 2.24) is 0 Å². The lowest BCUT2D eigenvalue weighted by atomic mass is 10.0. The third-order valence-electron chi connectivity index (χ3n) is 3.38. The molecule has 5 nitrogen and oxygen atoms in total. The van der Waals surface area contributed by atoms with Crippen LogP contribution in [0.4, 0.5) is 5.69 Å². The zero-order valence-electron chi connectivity index (χ0n) is 11.0. The van der Waals surface area contributed by atoms with Crippen molar-refractivity contribution in [2.45, 2.75) is 26.4 Å². The van der Waals surface area contributed by atoms with Gasteiger partial charge < -0.3 is 15.2 Å². The minimum atomic E-state index is -0.978. The number of nitrogens with one attached hydrogen (secondary N) is 1. The van der Waals surface area contributed by atoms with Crippen LogP contribution in [-0.4, -0.2) is 29.7 Å². The van der Waals surface area contributed by atoms with Crippen LogP contribution in [0.25, 0.3) is 0 Å². The molecule has 1 fully saturated rings. The van der Waals surface area contributed by atoms with E-state index >= 15 is 0 Å². The molecule has 5 heteroatoms. The van der Waals surface area contributed by atoms with Gasteiger partial charge >= 0.3 is 5.97 Å². The number of hydrogen-bond acceptors (Lipinski definition) is 3. The second kappa shape index (κ2) is 5.40. The number of amides is 1. The van der Waals surface area contributed by atoms with Crippen molar-refractivity contribution >= 4 is 17.6 Å². The van der Waals surface area contributed by atoms with Crippen molar-refractivity contribution in [1.29, 1.82) is 0 Å². The molecule has 1 aliphatic rings. The number of carboxylic acid groups (broad SMARTS) is 1. The van der Waals surface area contributed by atoms with Gasteiger partial charge in [0, 0.05) is 12.3 Å². The van der Waals surface area contributed by atoms with Crippen LogP contribution in [0, 0.1) is 12.8 Å². The number of benzene rings is 1. The molecular formula is C14H17NO4. The molecule has 1 aromatic carbocycles. The summed E-state index contributed by atoms with van der Waals surface area (Å²) < 4.78 is 5.39. The van der Waals surface area contributed by atoms with Crippen LogP contribution in [-0.2, 0) is 9.53 Å². The lowest BCUT2D eigenvalue weighted by Crippen LogP contribution is -2.31. The van der Waals surface area contributed by atoms with Crippen molar-refractivity contribution < 1.29 is 19.4 Å². The fraction of sp³-hybridized carbons (Fsp3) is 0.429. The number of rotatable bonds is 3. The summed E-state index contributed by atoms with van der Waals surface area (Å²) in [5, 5.41) is 11.7. The first-order valence-electron chi connectivity index (χ1n) is 6.25. The Morgan fingerprint density at radius 2 is 2.16 bits per heavy atom. The van der Waals surface area contributed by atoms with E-state index in [1.165, 1.54) is 12.1 Å². The maximum absolute atomic E-state index is 12.0. The van der Waals surface area contributed by atoms with Crippen molar-refractivity contribution in [2.24, 2.45) is 5.92 Å². The first-order valence-corrected chi connectivity index (χ1v) is 6.25. The molecule has 2 N–H and O–H groups in total. The van der Waals surface area contributed by atoms with Gasteiger partial charge in [-0.05, 0) is 43.0 Å². The van der Waals surface area contributed by atoms with Crippen LogP contribution >= 0.6 is 0 Å². The first kappa shape index (κ1) is 13.5. The van der Waals surface area contributed by atoms with Gasteiger partial charge in [0.05, 0.1) is 5.56 Å². The Morgan fingerprint density at radius 3 is 2.68 bits per heavy atom. The van der Waals surface area contributed by atoms with Crippen LogP contribution in [0.1, 0.15) is 29.3 Å². The number of hydrogen-bond donors (Lipinski definition) is 2. The van der Waals surface area contributed by atoms with E-state index in [0.717, 1.165) is 12.0 Å². The molecule has 1 amide bonds. The van der Waals surface area contributed by atoms with E-state index in [4.69, 9.17) is 9.84 Å². The summed E-state index contributed by atoms with van der Waals surface area (Å²) in [5.74, 6) is -0.941. The third-order valence-corrected chi connectivity index (χ3v) is 3.38. The molecule has 0 radical (unpaired) electrons. The van der Waals surface area contributed by atoms with Gasteiger partial charge in [-0.2, -0.15) is 0 Å². The predicted octanol–water partition coefficient (Wildman–Crippen LogP) is 2.06. The summed E-state index contributed by atoms with van der Waals surface area (Å²) >= 11 is 0. The van der Waals surface area contributed by atoms with Crippen molar-refractivity contribution in [2.75, 3.05) is 11.9 Å². The summed E-state index contributed by atoms with van der Waals surface area (Å²) in [6.45, 7) is 4.36.